The van der Waals surface area contributed by atoms with Crippen LogP contribution in [0.3, 0.4) is 0 Å². The molecule has 0 heterocycles. The Morgan fingerprint density at radius 2 is 1.03 bits per heavy atom. The Hall–Kier alpha value is -2.41. The highest BCUT2D eigenvalue weighted by molar-refractivity contribution is 6.08. The number of unbranched alkanes of at least 4 members (excludes halogenated alkanes) is 6. The smallest absolute Gasteiger partial charge is 0.179 e. The monoisotopic (exact) mass is 430 g/mol. The largest absolute Gasteiger partial charge is 0.290 e. The number of allylic oxidation sites excluding steroid dienone is 4. The molecule has 0 N–H and O–H groups in total. The molecule has 0 spiro atoms. The molecule has 0 aliphatic carbocycles. The van der Waals surface area contributed by atoms with Gasteiger partial charge in [0, 0.05) is 0 Å². The Kier molecular flexibility index (Phi) is 11.8. The highest BCUT2D eigenvalue weighted by atomic mass is 16.1. The van der Waals surface area contributed by atoms with Crippen LogP contribution in [0.25, 0.3) is 11.1 Å². The van der Waals surface area contributed by atoms with Crippen LogP contribution < -0.4 is 0 Å². The Labute approximate surface area is 196 Å². The van der Waals surface area contributed by atoms with Gasteiger partial charge in [-0.15, -0.1) is 0 Å². The number of rotatable bonds is 14. The van der Waals surface area contributed by atoms with Gasteiger partial charge >= 0.3 is 0 Å². The highest BCUT2D eigenvalue weighted by Crippen LogP contribution is 2.27. The zero-order chi connectivity index (χ0) is 23.2. The summed E-state index contributed by atoms with van der Waals surface area (Å²) in [7, 11) is 0. The Balaban J connectivity index is 2.32. The first-order chi connectivity index (χ1) is 15.6. The molecular formula is C31H42O. The van der Waals surface area contributed by atoms with Crippen molar-refractivity contribution in [1.82, 2.24) is 0 Å². The third-order valence-corrected chi connectivity index (χ3v) is 6.21. The second-order valence-corrected chi connectivity index (χ2v) is 8.99. The van der Waals surface area contributed by atoms with Gasteiger partial charge in [-0.2, -0.15) is 0 Å². The second-order valence-electron chi connectivity index (χ2n) is 8.99. The normalized spacial score (nSPS) is 12.2. The standard InChI is InChI=1S/C31H42O/c1-5-7-9-11-19-27(30-21-15-13-17-25(30)3)23-29(32)24-28(20-12-10-8-6-2)31-22-16-14-18-26(31)4/h13-18,21-24H,5-12,19-20H2,1-4H3. The van der Waals surface area contributed by atoms with E-state index >= 15 is 0 Å². The van der Waals surface area contributed by atoms with Crippen LogP contribution in [0.2, 0.25) is 0 Å². The molecule has 32 heavy (non-hydrogen) atoms. The maximum absolute atomic E-state index is 13.3. The Morgan fingerprint density at radius 1 is 0.625 bits per heavy atom. The molecule has 0 atom stereocenters. The lowest BCUT2D eigenvalue weighted by molar-refractivity contribution is -0.110. The van der Waals surface area contributed by atoms with Crippen molar-refractivity contribution in [3.63, 3.8) is 0 Å². The molecule has 2 aromatic rings. The van der Waals surface area contributed by atoms with Crippen molar-refractivity contribution in [3.8, 4) is 0 Å². The summed E-state index contributed by atoms with van der Waals surface area (Å²) >= 11 is 0. The number of benzene rings is 2. The summed E-state index contributed by atoms with van der Waals surface area (Å²) in [6, 6.07) is 16.9. The lowest BCUT2D eigenvalue weighted by Crippen LogP contribution is -1.98. The van der Waals surface area contributed by atoms with Crippen LogP contribution in [0.15, 0.2) is 60.7 Å². The molecule has 0 saturated heterocycles. The molecule has 0 aromatic heterocycles. The molecule has 0 fully saturated rings. The molecule has 2 rings (SSSR count). The molecule has 1 heteroatoms. The van der Waals surface area contributed by atoms with Gasteiger partial charge in [0.15, 0.2) is 5.78 Å². The van der Waals surface area contributed by atoms with Gasteiger partial charge in [-0.05, 0) is 85.1 Å². The van der Waals surface area contributed by atoms with Crippen molar-refractivity contribution in [1.29, 1.82) is 0 Å². The average Bonchev–Trinajstić information content (AvgIpc) is 2.79. The van der Waals surface area contributed by atoms with Gasteiger partial charge in [-0.25, -0.2) is 0 Å². The number of hydrogen-bond donors (Lipinski definition) is 0. The van der Waals surface area contributed by atoms with Crippen LogP contribution >= 0.6 is 0 Å². The van der Waals surface area contributed by atoms with Gasteiger partial charge in [0.1, 0.15) is 0 Å². The van der Waals surface area contributed by atoms with E-state index in [4.69, 9.17) is 0 Å². The van der Waals surface area contributed by atoms with E-state index in [1.807, 2.05) is 12.2 Å². The van der Waals surface area contributed by atoms with Crippen LogP contribution in [0.1, 0.15) is 100 Å². The van der Waals surface area contributed by atoms with E-state index in [0.29, 0.717) is 0 Å². The van der Waals surface area contributed by atoms with Crippen LogP contribution in [-0.4, -0.2) is 5.78 Å². The molecule has 0 aliphatic heterocycles. The van der Waals surface area contributed by atoms with Crippen molar-refractivity contribution in [2.75, 3.05) is 0 Å². The molecule has 172 valence electrons. The topological polar surface area (TPSA) is 17.1 Å². The van der Waals surface area contributed by atoms with E-state index in [2.05, 4.69) is 76.2 Å². The van der Waals surface area contributed by atoms with Crippen molar-refractivity contribution in [2.45, 2.75) is 91.9 Å². The molecular weight excluding hydrogens is 388 g/mol. The quantitative estimate of drug-likeness (QED) is 0.215. The van der Waals surface area contributed by atoms with Crippen molar-refractivity contribution < 1.29 is 4.79 Å². The fourth-order valence-electron chi connectivity index (χ4n) is 4.31. The number of aryl methyl sites for hydroxylation is 2. The lowest BCUT2D eigenvalue weighted by atomic mass is 9.92. The predicted octanol–water partition coefficient (Wildman–Crippen LogP) is 9.28. The zero-order valence-electron chi connectivity index (χ0n) is 20.8. The van der Waals surface area contributed by atoms with Gasteiger partial charge in [0.25, 0.3) is 0 Å². The summed E-state index contributed by atoms with van der Waals surface area (Å²) in [5.74, 6) is 0.118. The van der Waals surface area contributed by atoms with E-state index in [9.17, 15) is 4.79 Å². The van der Waals surface area contributed by atoms with Crippen molar-refractivity contribution in [2.24, 2.45) is 0 Å². The number of hydrogen-bond acceptors (Lipinski definition) is 1. The highest BCUT2D eigenvalue weighted by Gasteiger charge is 2.10. The number of carbonyl (C=O) groups is 1. The molecule has 0 amide bonds. The molecule has 0 aliphatic rings. The summed E-state index contributed by atoms with van der Waals surface area (Å²) in [6.45, 7) is 8.75. The maximum Gasteiger partial charge on any atom is 0.179 e. The van der Waals surface area contributed by atoms with Crippen LogP contribution in [-0.2, 0) is 4.79 Å². The van der Waals surface area contributed by atoms with Crippen molar-refractivity contribution in [3.05, 3.63) is 82.9 Å². The molecule has 1 nitrogen and oxygen atoms in total. The molecule has 2 aromatic carbocycles. The Morgan fingerprint density at radius 3 is 1.41 bits per heavy atom. The summed E-state index contributed by atoms with van der Waals surface area (Å²) in [4.78, 5) is 13.3. The van der Waals surface area contributed by atoms with Crippen LogP contribution in [0.4, 0.5) is 0 Å². The number of carbonyl (C=O) groups excluding carboxylic acids is 1. The summed E-state index contributed by atoms with van der Waals surface area (Å²) in [6.07, 6.45) is 15.4. The van der Waals surface area contributed by atoms with Gasteiger partial charge < -0.3 is 0 Å². The molecule has 0 saturated carbocycles. The van der Waals surface area contributed by atoms with E-state index < -0.39 is 0 Å². The predicted molar refractivity (Wildman–Crippen MR) is 141 cm³/mol. The van der Waals surface area contributed by atoms with Gasteiger partial charge in [0.05, 0.1) is 0 Å². The maximum atomic E-state index is 13.3. The third kappa shape index (κ3) is 8.61. The number of ketones is 1. The van der Waals surface area contributed by atoms with Crippen LogP contribution in [0, 0.1) is 13.8 Å². The summed E-state index contributed by atoms with van der Waals surface area (Å²) in [5, 5.41) is 0. The minimum atomic E-state index is 0.118. The summed E-state index contributed by atoms with van der Waals surface area (Å²) < 4.78 is 0. The first-order valence-corrected chi connectivity index (χ1v) is 12.6. The third-order valence-electron chi connectivity index (χ3n) is 6.21. The average molecular weight is 431 g/mol. The minimum Gasteiger partial charge on any atom is -0.290 e. The zero-order valence-corrected chi connectivity index (χ0v) is 20.8. The molecule has 0 unspecified atom stereocenters. The van der Waals surface area contributed by atoms with E-state index in [1.165, 1.54) is 71.9 Å². The minimum absolute atomic E-state index is 0.118. The van der Waals surface area contributed by atoms with Crippen LogP contribution in [0.5, 0.6) is 0 Å². The van der Waals surface area contributed by atoms with Gasteiger partial charge in [-0.1, -0.05) is 101 Å². The van der Waals surface area contributed by atoms with Gasteiger partial charge in [-0.3, -0.25) is 4.79 Å². The van der Waals surface area contributed by atoms with E-state index in [1.54, 1.807) is 0 Å². The second kappa shape index (κ2) is 14.6. The van der Waals surface area contributed by atoms with E-state index in [-0.39, 0.29) is 5.78 Å². The molecule has 0 radical (unpaired) electrons. The first kappa shape index (κ1) is 25.8. The lowest BCUT2D eigenvalue weighted by Gasteiger charge is -2.12. The fraction of sp³-hybridized carbons (Fsp3) is 0.452. The van der Waals surface area contributed by atoms with Crippen molar-refractivity contribution >= 4 is 16.9 Å². The van der Waals surface area contributed by atoms with E-state index in [0.717, 1.165) is 25.7 Å². The molecule has 0 bridgehead atoms. The SMILES string of the molecule is CCCCCCC(=CC(=O)C=C(CCCCCC)c1ccccc1C)c1ccccc1C. The van der Waals surface area contributed by atoms with Gasteiger partial charge in [0.2, 0.25) is 0 Å². The fourth-order valence-corrected chi connectivity index (χ4v) is 4.31. The summed E-state index contributed by atoms with van der Waals surface area (Å²) in [5.41, 5.74) is 7.26. The Bertz CT molecular complexity index is 827. The first-order valence-electron chi connectivity index (χ1n) is 12.6.